The zero-order valence-electron chi connectivity index (χ0n) is 14.9. The van der Waals surface area contributed by atoms with Crippen LogP contribution in [0.15, 0.2) is 30.3 Å². The van der Waals surface area contributed by atoms with Crippen molar-refractivity contribution in [1.29, 1.82) is 0 Å². The van der Waals surface area contributed by atoms with Crippen LogP contribution in [0.1, 0.15) is 43.1 Å². The van der Waals surface area contributed by atoms with Gasteiger partial charge in [0.2, 0.25) is 11.0 Å². The van der Waals surface area contributed by atoms with Crippen LogP contribution >= 0.6 is 11.3 Å². The Morgan fingerprint density at radius 2 is 1.76 bits per heavy atom. The van der Waals surface area contributed by atoms with E-state index in [1.807, 2.05) is 19.9 Å². The lowest BCUT2D eigenvalue weighted by molar-refractivity contribution is -0.118. The third kappa shape index (κ3) is 5.63. The first-order chi connectivity index (χ1) is 11.9. The number of amides is 2. The molecule has 0 aliphatic carbocycles. The smallest absolute Gasteiger partial charge is 0.251 e. The number of benzene rings is 1. The number of aromatic nitrogens is 2. The summed E-state index contributed by atoms with van der Waals surface area (Å²) in [6.45, 7) is 7.99. The Morgan fingerprint density at radius 3 is 2.36 bits per heavy atom. The van der Waals surface area contributed by atoms with Crippen LogP contribution in [0.4, 0.5) is 5.13 Å². The molecule has 1 atom stereocenters. The van der Waals surface area contributed by atoms with Crippen molar-refractivity contribution in [2.24, 2.45) is 11.8 Å². The summed E-state index contributed by atoms with van der Waals surface area (Å²) in [5.74, 6) is -0.139. The minimum atomic E-state index is -0.648. The van der Waals surface area contributed by atoms with Gasteiger partial charge in [-0.05, 0) is 24.0 Å². The van der Waals surface area contributed by atoms with Gasteiger partial charge in [0, 0.05) is 12.0 Å². The molecule has 0 bridgehead atoms. The molecule has 1 heterocycles. The molecular weight excluding hydrogens is 336 g/mol. The third-order valence-corrected chi connectivity index (χ3v) is 4.41. The van der Waals surface area contributed by atoms with E-state index in [1.165, 1.54) is 11.3 Å². The highest BCUT2D eigenvalue weighted by Crippen LogP contribution is 2.19. The first kappa shape index (κ1) is 19.1. The van der Waals surface area contributed by atoms with Gasteiger partial charge in [-0.2, -0.15) is 0 Å². The van der Waals surface area contributed by atoms with Gasteiger partial charge in [0.05, 0.1) is 0 Å². The Hall–Kier alpha value is -2.28. The van der Waals surface area contributed by atoms with Gasteiger partial charge >= 0.3 is 0 Å². The van der Waals surface area contributed by atoms with Crippen molar-refractivity contribution in [3.05, 3.63) is 40.9 Å². The van der Waals surface area contributed by atoms with E-state index < -0.39 is 6.04 Å². The molecule has 0 spiro atoms. The molecule has 6 nitrogen and oxygen atoms in total. The van der Waals surface area contributed by atoms with Gasteiger partial charge in [-0.1, -0.05) is 57.2 Å². The van der Waals surface area contributed by atoms with Gasteiger partial charge in [0.1, 0.15) is 11.0 Å². The summed E-state index contributed by atoms with van der Waals surface area (Å²) in [6, 6.07) is 8.20. The Kier molecular flexibility index (Phi) is 6.64. The number of nitrogens with zero attached hydrogens (tertiary/aromatic N) is 2. The van der Waals surface area contributed by atoms with Gasteiger partial charge in [-0.25, -0.2) is 0 Å². The van der Waals surface area contributed by atoms with Crippen LogP contribution in [0.5, 0.6) is 0 Å². The summed E-state index contributed by atoms with van der Waals surface area (Å²) >= 11 is 1.37. The summed E-state index contributed by atoms with van der Waals surface area (Å²) < 4.78 is 0. The molecule has 0 aliphatic heterocycles. The lowest BCUT2D eigenvalue weighted by Gasteiger charge is -2.21. The lowest BCUT2D eigenvalue weighted by atomic mass is 10.0. The van der Waals surface area contributed by atoms with Crippen molar-refractivity contribution in [2.45, 2.75) is 40.2 Å². The van der Waals surface area contributed by atoms with Crippen LogP contribution < -0.4 is 10.6 Å². The van der Waals surface area contributed by atoms with Crippen LogP contribution in [-0.2, 0) is 11.2 Å². The molecule has 134 valence electrons. The minimum Gasteiger partial charge on any atom is -0.340 e. The van der Waals surface area contributed by atoms with Crippen LogP contribution in [-0.4, -0.2) is 28.1 Å². The van der Waals surface area contributed by atoms with Crippen molar-refractivity contribution in [2.75, 3.05) is 5.32 Å². The molecule has 2 rings (SSSR count). The van der Waals surface area contributed by atoms with Crippen molar-refractivity contribution >= 4 is 28.3 Å². The van der Waals surface area contributed by atoms with Gasteiger partial charge in [-0.15, -0.1) is 10.2 Å². The van der Waals surface area contributed by atoms with Crippen molar-refractivity contribution in [3.63, 3.8) is 0 Å². The molecule has 0 radical (unpaired) electrons. The Morgan fingerprint density at radius 1 is 1.08 bits per heavy atom. The molecule has 0 aliphatic rings. The number of hydrogen-bond acceptors (Lipinski definition) is 5. The number of carbonyl (C=O) groups is 2. The molecule has 1 aromatic carbocycles. The largest absolute Gasteiger partial charge is 0.340 e. The molecule has 7 heteroatoms. The SMILES string of the molecule is CC(C)Cc1nnc(NC(=O)C(NC(=O)c2ccccc2)C(C)C)s1. The van der Waals surface area contributed by atoms with E-state index in [0.717, 1.165) is 11.4 Å². The highest BCUT2D eigenvalue weighted by atomic mass is 32.1. The molecule has 0 fully saturated rings. The van der Waals surface area contributed by atoms with Crippen LogP contribution in [0.25, 0.3) is 0 Å². The third-order valence-electron chi connectivity index (χ3n) is 3.55. The summed E-state index contributed by atoms with van der Waals surface area (Å²) in [5.41, 5.74) is 0.524. The van der Waals surface area contributed by atoms with Crippen molar-refractivity contribution < 1.29 is 9.59 Å². The van der Waals surface area contributed by atoms with Gasteiger partial charge in [0.15, 0.2) is 0 Å². The molecule has 2 N–H and O–H groups in total. The molecule has 0 saturated heterocycles. The highest BCUT2D eigenvalue weighted by molar-refractivity contribution is 7.15. The predicted octanol–water partition coefficient (Wildman–Crippen LogP) is 3.13. The van der Waals surface area contributed by atoms with Gasteiger partial charge in [0.25, 0.3) is 5.91 Å². The number of anilines is 1. The predicted molar refractivity (Wildman–Crippen MR) is 99.6 cm³/mol. The standard InChI is InChI=1S/C18H24N4O2S/c1-11(2)10-14-21-22-18(25-14)20-17(24)15(12(3)4)19-16(23)13-8-6-5-7-9-13/h5-9,11-12,15H,10H2,1-4H3,(H,19,23)(H,20,22,24). The summed E-state index contributed by atoms with van der Waals surface area (Å²) in [5, 5.41) is 15.0. The average molecular weight is 360 g/mol. The minimum absolute atomic E-state index is 0.0595. The number of hydrogen-bond donors (Lipinski definition) is 2. The Balaban J connectivity index is 2.03. The lowest BCUT2D eigenvalue weighted by Crippen LogP contribution is -2.47. The molecule has 2 amide bonds. The maximum Gasteiger partial charge on any atom is 0.251 e. The summed E-state index contributed by atoms with van der Waals surface area (Å²) in [4.78, 5) is 24.9. The first-order valence-electron chi connectivity index (χ1n) is 8.36. The maximum atomic E-state index is 12.6. The first-order valence-corrected chi connectivity index (χ1v) is 9.17. The summed E-state index contributed by atoms with van der Waals surface area (Å²) in [7, 11) is 0. The number of rotatable bonds is 7. The van der Waals surface area contributed by atoms with Crippen LogP contribution in [0.3, 0.4) is 0 Å². The second kappa shape index (κ2) is 8.71. The zero-order chi connectivity index (χ0) is 18.4. The van der Waals surface area contributed by atoms with E-state index in [-0.39, 0.29) is 17.7 Å². The maximum absolute atomic E-state index is 12.6. The van der Waals surface area contributed by atoms with Crippen LogP contribution in [0, 0.1) is 11.8 Å². The van der Waals surface area contributed by atoms with Crippen molar-refractivity contribution in [1.82, 2.24) is 15.5 Å². The normalized spacial score (nSPS) is 12.2. The molecule has 1 aromatic heterocycles. The van der Waals surface area contributed by atoms with Gasteiger partial charge in [-0.3, -0.25) is 14.9 Å². The van der Waals surface area contributed by atoms with Crippen molar-refractivity contribution in [3.8, 4) is 0 Å². The molecule has 25 heavy (non-hydrogen) atoms. The topological polar surface area (TPSA) is 84.0 Å². The second-order valence-corrected chi connectivity index (χ2v) is 7.71. The molecular formula is C18H24N4O2S. The molecule has 0 saturated carbocycles. The van der Waals surface area contributed by atoms with E-state index in [1.54, 1.807) is 24.3 Å². The van der Waals surface area contributed by atoms with E-state index in [0.29, 0.717) is 16.6 Å². The fourth-order valence-electron chi connectivity index (χ4n) is 2.27. The Bertz CT molecular complexity index is 713. The molecule has 1 unspecified atom stereocenters. The number of nitrogens with one attached hydrogen (secondary N) is 2. The monoisotopic (exact) mass is 360 g/mol. The van der Waals surface area contributed by atoms with Gasteiger partial charge < -0.3 is 5.32 Å². The van der Waals surface area contributed by atoms with E-state index in [2.05, 4.69) is 34.7 Å². The Labute approximate surface area is 152 Å². The van der Waals surface area contributed by atoms with Crippen LogP contribution in [0.2, 0.25) is 0 Å². The number of carbonyl (C=O) groups excluding carboxylic acids is 2. The fourth-order valence-corrected chi connectivity index (χ4v) is 3.22. The molecule has 2 aromatic rings. The fraction of sp³-hybridized carbons (Fsp3) is 0.444. The second-order valence-electron chi connectivity index (χ2n) is 6.65. The zero-order valence-corrected chi connectivity index (χ0v) is 15.8. The van der Waals surface area contributed by atoms with E-state index >= 15 is 0 Å². The summed E-state index contributed by atoms with van der Waals surface area (Å²) in [6.07, 6.45) is 0.825. The quantitative estimate of drug-likeness (QED) is 0.794. The van der Waals surface area contributed by atoms with E-state index in [9.17, 15) is 9.59 Å². The van der Waals surface area contributed by atoms with E-state index in [4.69, 9.17) is 0 Å². The average Bonchev–Trinajstić information content (AvgIpc) is 2.98. The highest BCUT2D eigenvalue weighted by Gasteiger charge is 2.25.